The maximum Gasteiger partial charge on any atom is 0.223 e. The lowest BCUT2D eigenvalue weighted by Crippen LogP contribution is -2.08. The van der Waals surface area contributed by atoms with Crippen LogP contribution in [-0.4, -0.2) is 40.4 Å². The van der Waals surface area contributed by atoms with Gasteiger partial charge in [0.05, 0.1) is 17.0 Å². The van der Waals surface area contributed by atoms with Crippen LogP contribution < -0.4 is 5.32 Å². The van der Waals surface area contributed by atoms with Crippen LogP contribution in [-0.2, 0) is 4.74 Å². The van der Waals surface area contributed by atoms with E-state index in [4.69, 9.17) is 14.2 Å². The predicted octanol–water partition coefficient (Wildman–Crippen LogP) is 3.26. The summed E-state index contributed by atoms with van der Waals surface area (Å²) in [6, 6.07) is 5.76. The molecular formula is C18H21N5O2. The lowest BCUT2D eigenvalue weighted by Gasteiger charge is -2.11. The average Bonchev–Trinajstić information content (AvgIpc) is 3.05. The Morgan fingerprint density at radius 2 is 2.08 bits per heavy atom. The maximum atomic E-state index is 5.42. The van der Waals surface area contributed by atoms with Crippen molar-refractivity contribution in [3.8, 4) is 22.6 Å². The van der Waals surface area contributed by atoms with Gasteiger partial charge in [-0.15, -0.1) is 0 Å². The van der Waals surface area contributed by atoms with E-state index >= 15 is 0 Å². The summed E-state index contributed by atoms with van der Waals surface area (Å²) in [4.78, 5) is 13.5. The quantitative estimate of drug-likeness (QED) is 0.661. The third-order valence-electron chi connectivity index (χ3n) is 3.75. The van der Waals surface area contributed by atoms with Gasteiger partial charge in [-0.05, 0) is 32.4 Å². The Hall–Kier alpha value is -2.80. The number of rotatable bonds is 7. The molecule has 3 aromatic heterocycles. The summed E-state index contributed by atoms with van der Waals surface area (Å²) in [5.41, 5.74) is 4.20. The number of pyridine rings is 1. The van der Waals surface area contributed by atoms with E-state index in [2.05, 4.69) is 20.4 Å². The van der Waals surface area contributed by atoms with Crippen molar-refractivity contribution < 1.29 is 9.26 Å². The summed E-state index contributed by atoms with van der Waals surface area (Å²) in [7, 11) is 1.69. The second-order valence-corrected chi connectivity index (χ2v) is 5.70. The average molecular weight is 339 g/mol. The van der Waals surface area contributed by atoms with E-state index < -0.39 is 0 Å². The predicted molar refractivity (Wildman–Crippen MR) is 95.2 cm³/mol. The number of hydrogen-bond donors (Lipinski definition) is 1. The number of nitrogens with one attached hydrogen (secondary N) is 1. The molecule has 3 rings (SSSR count). The summed E-state index contributed by atoms with van der Waals surface area (Å²) in [6.07, 6.45) is 4.40. The lowest BCUT2D eigenvalue weighted by atomic mass is 10.0. The van der Waals surface area contributed by atoms with Crippen LogP contribution in [0.25, 0.3) is 22.6 Å². The minimum atomic E-state index is 0.564. The molecule has 0 bridgehead atoms. The molecule has 25 heavy (non-hydrogen) atoms. The molecule has 7 heteroatoms. The molecule has 7 nitrogen and oxygen atoms in total. The zero-order valence-electron chi connectivity index (χ0n) is 14.6. The van der Waals surface area contributed by atoms with Gasteiger partial charge in [-0.3, -0.25) is 4.98 Å². The van der Waals surface area contributed by atoms with Gasteiger partial charge in [0, 0.05) is 50.0 Å². The van der Waals surface area contributed by atoms with Crippen LogP contribution in [0.1, 0.15) is 17.8 Å². The molecule has 0 aliphatic rings. The first-order chi connectivity index (χ1) is 12.2. The second kappa shape index (κ2) is 7.85. The Balaban J connectivity index is 1.99. The highest BCUT2D eigenvalue weighted by Gasteiger charge is 2.17. The Morgan fingerprint density at radius 1 is 1.20 bits per heavy atom. The zero-order chi connectivity index (χ0) is 17.6. The number of methoxy groups -OCH3 is 1. The summed E-state index contributed by atoms with van der Waals surface area (Å²) in [6.45, 7) is 5.27. The minimum absolute atomic E-state index is 0.564. The van der Waals surface area contributed by atoms with Crippen LogP contribution in [0.4, 0.5) is 5.95 Å². The molecule has 0 fully saturated rings. The summed E-state index contributed by atoms with van der Waals surface area (Å²) in [5.74, 6) is 1.20. The molecule has 130 valence electrons. The van der Waals surface area contributed by atoms with Crippen molar-refractivity contribution in [1.29, 1.82) is 0 Å². The van der Waals surface area contributed by atoms with Gasteiger partial charge in [0.25, 0.3) is 0 Å². The summed E-state index contributed by atoms with van der Waals surface area (Å²) in [5, 5.41) is 7.19. The van der Waals surface area contributed by atoms with Crippen LogP contribution in [0.2, 0.25) is 0 Å². The van der Waals surface area contributed by atoms with Crippen molar-refractivity contribution in [1.82, 2.24) is 20.1 Å². The van der Waals surface area contributed by atoms with Gasteiger partial charge in [0.1, 0.15) is 0 Å². The first kappa shape index (κ1) is 17.0. The van der Waals surface area contributed by atoms with Gasteiger partial charge in [-0.1, -0.05) is 5.16 Å². The van der Waals surface area contributed by atoms with E-state index in [1.807, 2.05) is 32.0 Å². The largest absolute Gasteiger partial charge is 0.385 e. The van der Waals surface area contributed by atoms with Crippen LogP contribution in [0.3, 0.4) is 0 Å². The van der Waals surface area contributed by atoms with Crippen LogP contribution >= 0.6 is 0 Å². The number of ether oxygens (including phenoxy) is 1. The normalized spacial score (nSPS) is 10.8. The molecule has 0 saturated heterocycles. The van der Waals surface area contributed by atoms with Crippen molar-refractivity contribution in [3.63, 3.8) is 0 Å². The third-order valence-corrected chi connectivity index (χ3v) is 3.75. The van der Waals surface area contributed by atoms with E-state index in [1.54, 1.807) is 19.5 Å². The van der Waals surface area contributed by atoms with Crippen LogP contribution in [0, 0.1) is 13.8 Å². The highest BCUT2D eigenvalue weighted by atomic mass is 16.5. The number of aromatic nitrogens is 4. The summed E-state index contributed by atoms with van der Waals surface area (Å²) >= 11 is 0. The van der Waals surface area contributed by atoms with E-state index in [0.29, 0.717) is 18.3 Å². The van der Waals surface area contributed by atoms with Crippen molar-refractivity contribution in [2.45, 2.75) is 20.3 Å². The second-order valence-electron chi connectivity index (χ2n) is 5.70. The molecular weight excluding hydrogens is 318 g/mol. The smallest absolute Gasteiger partial charge is 0.223 e. The molecule has 0 aromatic carbocycles. The van der Waals surface area contributed by atoms with E-state index in [9.17, 15) is 0 Å². The van der Waals surface area contributed by atoms with Crippen molar-refractivity contribution in [3.05, 3.63) is 42.0 Å². The minimum Gasteiger partial charge on any atom is -0.385 e. The van der Waals surface area contributed by atoms with Gasteiger partial charge in [-0.2, -0.15) is 0 Å². The topological polar surface area (TPSA) is 86.0 Å². The molecule has 1 N–H and O–H groups in total. The number of hydrogen-bond acceptors (Lipinski definition) is 7. The molecule has 0 atom stereocenters. The van der Waals surface area contributed by atoms with E-state index in [-0.39, 0.29) is 0 Å². The molecule has 0 aliphatic heterocycles. The molecule has 3 heterocycles. The fourth-order valence-corrected chi connectivity index (χ4v) is 2.49. The van der Waals surface area contributed by atoms with Gasteiger partial charge in [0.15, 0.2) is 5.76 Å². The SMILES string of the molecule is COCCCNc1ncc(-c2cc(C)no2)c(-c2cccnc2C)n1. The monoisotopic (exact) mass is 339 g/mol. The highest BCUT2D eigenvalue weighted by Crippen LogP contribution is 2.32. The maximum absolute atomic E-state index is 5.42. The Morgan fingerprint density at radius 3 is 2.80 bits per heavy atom. The molecule has 0 unspecified atom stereocenters. The van der Waals surface area contributed by atoms with E-state index in [0.717, 1.165) is 41.2 Å². The first-order valence-electron chi connectivity index (χ1n) is 8.14. The third kappa shape index (κ3) is 4.00. The van der Waals surface area contributed by atoms with Crippen LogP contribution in [0.5, 0.6) is 0 Å². The fourth-order valence-electron chi connectivity index (χ4n) is 2.49. The summed E-state index contributed by atoms with van der Waals surface area (Å²) < 4.78 is 10.5. The Bertz CT molecular complexity index is 847. The molecule has 0 radical (unpaired) electrons. The number of anilines is 1. The van der Waals surface area contributed by atoms with Crippen molar-refractivity contribution in [2.24, 2.45) is 0 Å². The highest BCUT2D eigenvalue weighted by molar-refractivity contribution is 5.79. The van der Waals surface area contributed by atoms with E-state index in [1.165, 1.54) is 0 Å². The lowest BCUT2D eigenvalue weighted by molar-refractivity contribution is 0.197. The first-order valence-corrected chi connectivity index (χ1v) is 8.14. The number of nitrogens with zero attached hydrogens (tertiary/aromatic N) is 4. The molecule has 0 amide bonds. The molecule has 3 aromatic rings. The van der Waals surface area contributed by atoms with Crippen molar-refractivity contribution in [2.75, 3.05) is 25.6 Å². The van der Waals surface area contributed by atoms with Gasteiger partial charge >= 0.3 is 0 Å². The molecule has 0 aliphatic carbocycles. The fraction of sp³-hybridized carbons (Fsp3) is 0.333. The zero-order valence-corrected chi connectivity index (χ0v) is 14.6. The van der Waals surface area contributed by atoms with Crippen LogP contribution in [0.15, 0.2) is 35.1 Å². The standard InChI is InChI=1S/C18H21N5O2/c1-12-10-16(25-23-12)15-11-21-18(20-8-5-9-24-3)22-17(15)14-6-4-7-19-13(14)2/h4,6-7,10-11H,5,8-9H2,1-3H3,(H,20,21,22). The van der Waals surface area contributed by atoms with Gasteiger partial charge in [0.2, 0.25) is 5.95 Å². The Labute approximate surface area is 146 Å². The Kier molecular flexibility index (Phi) is 5.35. The number of aryl methyl sites for hydroxylation is 2. The van der Waals surface area contributed by atoms with Gasteiger partial charge < -0.3 is 14.6 Å². The van der Waals surface area contributed by atoms with Gasteiger partial charge in [-0.25, -0.2) is 9.97 Å². The van der Waals surface area contributed by atoms with Crippen molar-refractivity contribution >= 4 is 5.95 Å². The molecule has 0 saturated carbocycles. The molecule has 0 spiro atoms.